The number of amides is 2. The van der Waals surface area contributed by atoms with Gasteiger partial charge in [-0.3, -0.25) is 9.59 Å². The number of hydrogen-bond acceptors (Lipinski definition) is 5. The van der Waals surface area contributed by atoms with Crippen LogP contribution in [0.4, 0.5) is 0 Å². The fourth-order valence-corrected chi connectivity index (χ4v) is 3.96. The van der Waals surface area contributed by atoms with Crippen molar-refractivity contribution in [2.75, 3.05) is 0 Å². The van der Waals surface area contributed by atoms with E-state index >= 15 is 0 Å². The van der Waals surface area contributed by atoms with E-state index in [9.17, 15) is 9.59 Å². The summed E-state index contributed by atoms with van der Waals surface area (Å²) in [6.45, 7) is 6.34. The van der Waals surface area contributed by atoms with Crippen LogP contribution in [-0.4, -0.2) is 39.2 Å². The van der Waals surface area contributed by atoms with Crippen LogP contribution in [0.2, 0.25) is 0 Å². The molecule has 150 valence electrons. The second kappa shape index (κ2) is 7.44. The van der Waals surface area contributed by atoms with Gasteiger partial charge in [-0.2, -0.15) is 0 Å². The van der Waals surface area contributed by atoms with Crippen molar-refractivity contribution in [1.29, 1.82) is 0 Å². The Kier molecular flexibility index (Phi) is 4.96. The second-order valence-electron chi connectivity index (χ2n) is 8.23. The average molecular weight is 391 g/mol. The van der Waals surface area contributed by atoms with Crippen molar-refractivity contribution in [3.05, 3.63) is 71.8 Å². The predicted molar refractivity (Wildman–Crippen MR) is 110 cm³/mol. The molecule has 1 fully saturated rings. The van der Waals surface area contributed by atoms with Gasteiger partial charge < -0.3 is 4.84 Å². The standard InChI is InChI=1S/C23H25N3O3/c1-16-20(18-12-8-5-9-13-18)24-29-21(16)22(28)26-19(27)14-23(2,3)25(26)15-17-10-6-4-7-11-17/h4-13,16,21H,14-15H2,1-3H3/t16-,21-/m0/s1. The maximum atomic E-state index is 13.4. The van der Waals surface area contributed by atoms with Crippen molar-refractivity contribution in [2.45, 2.75) is 45.4 Å². The summed E-state index contributed by atoms with van der Waals surface area (Å²) in [5.41, 5.74) is 2.22. The molecule has 2 aromatic carbocycles. The molecule has 0 unspecified atom stereocenters. The molecule has 1 saturated heterocycles. The topological polar surface area (TPSA) is 62.2 Å². The van der Waals surface area contributed by atoms with Crippen LogP contribution in [-0.2, 0) is 21.0 Å². The smallest absolute Gasteiger partial charge is 0.288 e. The lowest BCUT2D eigenvalue weighted by atomic mass is 9.93. The van der Waals surface area contributed by atoms with E-state index in [1.165, 1.54) is 5.01 Å². The zero-order valence-electron chi connectivity index (χ0n) is 16.9. The number of nitrogens with zero attached hydrogens (tertiary/aromatic N) is 3. The monoisotopic (exact) mass is 391 g/mol. The van der Waals surface area contributed by atoms with E-state index in [1.54, 1.807) is 0 Å². The Labute approximate surface area is 170 Å². The molecule has 2 atom stereocenters. The van der Waals surface area contributed by atoms with E-state index in [0.29, 0.717) is 6.54 Å². The summed E-state index contributed by atoms with van der Waals surface area (Å²) in [5.74, 6) is -0.821. The Morgan fingerprint density at radius 3 is 2.38 bits per heavy atom. The molecule has 4 rings (SSSR count). The number of carbonyl (C=O) groups excluding carboxylic acids is 2. The van der Waals surface area contributed by atoms with Crippen molar-refractivity contribution in [3.8, 4) is 0 Å². The van der Waals surface area contributed by atoms with Gasteiger partial charge in [0.25, 0.3) is 5.91 Å². The number of oxime groups is 1. The van der Waals surface area contributed by atoms with Crippen molar-refractivity contribution in [1.82, 2.24) is 10.0 Å². The SMILES string of the molecule is C[C@H]1C(c2ccccc2)=NO[C@@H]1C(=O)N1C(=O)CC(C)(C)N1Cc1ccccc1. The van der Waals surface area contributed by atoms with Crippen molar-refractivity contribution >= 4 is 17.5 Å². The molecule has 0 N–H and O–H groups in total. The van der Waals surface area contributed by atoms with E-state index in [-0.39, 0.29) is 24.2 Å². The normalized spacial score (nSPS) is 23.8. The summed E-state index contributed by atoms with van der Waals surface area (Å²) in [5, 5.41) is 7.30. The van der Waals surface area contributed by atoms with Crippen LogP contribution in [0.25, 0.3) is 0 Å². The molecule has 0 aromatic heterocycles. The van der Waals surface area contributed by atoms with Crippen LogP contribution < -0.4 is 0 Å². The first kappa shape index (κ1) is 19.3. The van der Waals surface area contributed by atoms with Crippen LogP contribution in [0.3, 0.4) is 0 Å². The molecule has 0 aliphatic carbocycles. The minimum absolute atomic E-state index is 0.208. The Morgan fingerprint density at radius 2 is 1.72 bits per heavy atom. The summed E-state index contributed by atoms with van der Waals surface area (Å²) in [6.07, 6.45) is -0.541. The second-order valence-corrected chi connectivity index (χ2v) is 8.23. The summed E-state index contributed by atoms with van der Waals surface area (Å²) in [7, 11) is 0. The molecule has 2 aromatic rings. The van der Waals surface area contributed by atoms with E-state index in [0.717, 1.165) is 16.8 Å². The van der Waals surface area contributed by atoms with Crippen LogP contribution >= 0.6 is 0 Å². The largest absolute Gasteiger partial charge is 0.381 e. The molecule has 2 amide bonds. The Bertz CT molecular complexity index is 940. The highest BCUT2D eigenvalue weighted by atomic mass is 16.6. The highest BCUT2D eigenvalue weighted by Crippen LogP contribution is 2.34. The summed E-state index contributed by atoms with van der Waals surface area (Å²) >= 11 is 0. The van der Waals surface area contributed by atoms with Crippen molar-refractivity contribution in [2.24, 2.45) is 11.1 Å². The van der Waals surface area contributed by atoms with Gasteiger partial charge in [-0.1, -0.05) is 72.7 Å². The third-order valence-corrected chi connectivity index (χ3v) is 5.61. The van der Waals surface area contributed by atoms with E-state index in [2.05, 4.69) is 5.16 Å². The van der Waals surface area contributed by atoms with Gasteiger partial charge >= 0.3 is 0 Å². The molecule has 0 bridgehead atoms. The third-order valence-electron chi connectivity index (χ3n) is 5.61. The zero-order valence-corrected chi connectivity index (χ0v) is 16.9. The van der Waals surface area contributed by atoms with Gasteiger partial charge in [-0.25, -0.2) is 10.0 Å². The Morgan fingerprint density at radius 1 is 1.10 bits per heavy atom. The number of hydrazine groups is 1. The van der Waals surface area contributed by atoms with E-state index in [1.807, 2.05) is 86.4 Å². The van der Waals surface area contributed by atoms with E-state index in [4.69, 9.17) is 4.84 Å². The first-order valence-corrected chi connectivity index (χ1v) is 9.86. The van der Waals surface area contributed by atoms with Crippen LogP contribution in [0.15, 0.2) is 65.8 Å². The van der Waals surface area contributed by atoms with Crippen LogP contribution in [0.1, 0.15) is 38.3 Å². The highest BCUT2D eigenvalue weighted by Gasteiger charge is 2.51. The minimum Gasteiger partial charge on any atom is -0.381 e. The van der Waals surface area contributed by atoms with Gasteiger partial charge in [0.05, 0.1) is 11.6 Å². The van der Waals surface area contributed by atoms with Crippen molar-refractivity contribution < 1.29 is 14.4 Å². The molecule has 0 radical (unpaired) electrons. The predicted octanol–water partition coefficient (Wildman–Crippen LogP) is 3.38. The van der Waals surface area contributed by atoms with Gasteiger partial charge in [-0.05, 0) is 25.0 Å². The fraction of sp³-hybridized carbons (Fsp3) is 0.348. The summed E-state index contributed by atoms with van der Waals surface area (Å²) in [4.78, 5) is 31.8. The number of hydrogen-bond donors (Lipinski definition) is 0. The Balaban J connectivity index is 1.57. The van der Waals surface area contributed by atoms with Crippen LogP contribution in [0, 0.1) is 5.92 Å². The molecule has 6 heteroatoms. The van der Waals surface area contributed by atoms with Gasteiger partial charge in [0.1, 0.15) is 0 Å². The quantitative estimate of drug-likeness (QED) is 0.750. The number of imide groups is 1. The van der Waals surface area contributed by atoms with E-state index < -0.39 is 11.6 Å². The van der Waals surface area contributed by atoms with Crippen LogP contribution in [0.5, 0.6) is 0 Å². The molecule has 2 aliphatic heterocycles. The lowest BCUT2D eigenvalue weighted by Crippen LogP contribution is -2.53. The maximum Gasteiger partial charge on any atom is 0.288 e. The Hall–Kier alpha value is -2.99. The molecule has 0 spiro atoms. The zero-order chi connectivity index (χ0) is 20.6. The third kappa shape index (κ3) is 3.56. The molecule has 0 saturated carbocycles. The first-order chi connectivity index (χ1) is 13.9. The lowest BCUT2D eigenvalue weighted by molar-refractivity contribution is -0.170. The summed E-state index contributed by atoms with van der Waals surface area (Å²) < 4.78 is 0. The van der Waals surface area contributed by atoms with Gasteiger partial charge in [-0.15, -0.1) is 0 Å². The molecular formula is C23H25N3O3. The maximum absolute atomic E-state index is 13.4. The number of carbonyl (C=O) groups is 2. The van der Waals surface area contributed by atoms with Crippen molar-refractivity contribution in [3.63, 3.8) is 0 Å². The molecule has 6 nitrogen and oxygen atoms in total. The number of benzene rings is 2. The molecule has 29 heavy (non-hydrogen) atoms. The molecular weight excluding hydrogens is 366 g/mol. The summed E-state index contributed by atoms with van der Waals surface area (Å²) in [6, 6.07) is 19.5. The fourth-order valence-electron chi connectivity index (χ4n) is 3.96. The molecule has 2 aliphatic rings. The van der Waals surface area contributed by atoms with Gasteiger partial charge in [0, 0.05) is 18.5 Å². The lowest BCUT2D eigenvalue weighted by Gasteiger charge is -2.36. The van der Waals surface area contributed by atoms with Gasteiger partial charge in [0.2, 0.25) is 12.0 Å². The molecule has 2 heterocycles. The number of rotatable bonds is 4. The highest BCUT2D eigenvalue weighted by molar-refractivity contribution is 6.07. The average Bonchev–Trinajstić information content (AvgIpc) is 3.19. The van der Waals surface area contributed by atoms with Gasteiger partial charge in [0.15, 0.2) is 0 Å². The first-order valence-electron chi connectivity index (χ1n) is 9.86. The minimum atomic E-state index is -0.818.